The lowest BCUT2D eigenvalue weighted by molar-refractivity contribution is 0.332. The first-order valence-electron chi connectivity index (χ1n) is 7.16. The molecule has 2 aromatic rings. The van der Waals surface area contributed by atoms with Crippen LogP contribution in [0.5, 0.6) is 5.75 Å². The van der Waals surface area contributed by atoms with Crippen LogP contribution in [0, 0.1) is 13.8 Å². The molecule has 2 rings (SSSR count). The minimum atomic E-state index is 0.626. The molecule has 0 saturated carbocycles. The summed E-state index contributed by atoms with van der Waals surface area (Å²) in [7, 11) is 0. The lowest BCUT2D eigenvalue weighted by atomic mass is 10.2. The number of aryl methyl sites for hydroxylation is 3. The molecule has 4 nitrogen and oxygen atoms in total. The summed E-state index contributed by atoms with van der Waals surface area (Å²) in [6.45, 7) is 8.60. The maximum Gasteiger partial charge on any atom is 0.203 e. The van der Waals surface area contributed by atoms with Gasteiger partial charge in [0.05, 0.1) is 12.2 Å². The molecule has 0 atom stereocenters. The second-order valence-electron chi connectivity index (χ2n) is 4.99. The van der Waals surface area contributed by atoms with E-state index in [-0.39, 0.29) is 0 Å². The van der Waals surface area contributed by atoms with Gasteiger partial charge in [0.15, 0.2) is 0 Å². The highest BCUT2D eigenvalue weighted by atomic mass is 16.5. The molecule has 4 heteroatoms. The second-order valence-corrected chi connectivity index (χ2v) is 4.99. The van der Waals surface area contributed by atoms with E-state index in [1.165, 1.54) is 5.56 Å². The van der Waals surface area contributed by atoms with Gasteiger partial charge in [0, 0.05) is 12.7 Å². The molecule has 1 N–H and O–H groups in total. The third-order valence-electron chi connectivity index (χ3n) is 3.00. The Morgan fingerprint density at radius 3 is 2.90 bits per heavy atom. The van der Waals surface area contributed by atoms with Crippen molar-refractivity contribution in [3.05, 3.63) is 41.7 Å². The van der Waals surface area contributed by atoms with Crippen LogP contribution in [-0.2, 0) is 6.54 Å². The quantitative estimate of drug-likeness (QED) is 0.786. The summed E-state index contributed by atoms with van der Waals surface area (Å²) in [5.74, 6) is 1.84. The van der Waals surface area contributed by atoms with Crippen molar-refractivity contribution < 1.29 is 4.74 Å². The Hall–Kier alpha value is -1.97. The molecule has 0 spiro atoms. The molecule has 1 aromatic heterocycles. The van der Waals surface area contributed by atoms with E-state index in [2.05, 4.69) is 41.0 Å². The number of aromatic nitrogens is 2. The van der Waals surface area contributed by atoms with Crippen LogP contribution in [0.3, 0.4) is 0 Å². The fourth-order valence-electron chi connectivity index (χ4n) is 2.14. The van der Waals surface area contributed by atoms with Crippen molar-refractivity contribution in [2.24, 2.45) is 0 Å². The zero-order valence-electron chi connectivity index (χ0n) is 12.5. The van der Waals surface area contributed by atoms with Crippen LogP contribution in [0.25, 0.3) is 0 Å². The largest absolute Gasteiger partial charge is 0.492 e. The Morgan fingerprint density at radius 2 is 2.15 bits per heavy atom. The van der Waals surface area contributed by atoms with E-state index in [1.54, 1.807) is 0 Å². The van der Waals surface area contributed by atoms with Gasteiger partial charge in [-0.05, 0) is 38.0 Å². The minimum absolute atomic E-state index is 0.626. The molecule has 0 aliphatic heterocycles. The fraction of sp³-hybridized carbons (Fsp3) is 0.438. The van der Waals surface area contributed by atoms with Crippen molar-refractivity contribution in [1.82, 2.24) is 9.55 Å². The zero-order chi connectivity index (χ0) is 14.4. The van der Waals surface area contributed by atoms with E-state index >= 15 is 0 Å². The molecular weight excluding hydrogens is 250 g/mol. The van der Waals surface area contributed by atoms with Gasteiger partial charge in [0.25, 0.3) is 0 Å². The van der Waals surface area contributed by atoms with Gasteiger partial charge in [0.1, 0.15) is 12.4 Å². The lowest BCUT2D eigenvalue weighted by Gasteiger charge is -2.10. The van der Waals surface area contributed by atoms with E-state index in [0.29, 0.717) is 6.61 Å². The summed E-state index contributed by atoms with van der Waals surface area (Å²) in [6, 6.07) is 8.10. The lowest BCUT2D eigenvalue weighted by Crippen LogP contribution is -2.14. The van der Waals surface area contributed by atoms with Gasteiger partial charge in [-0.2, -0.15) is 0 Å². The van der Waals surface area contributed by atoms with Gasteiger partial charge in [-0.3, -0.25) is 0 Å². The van der Waals surface area contributed by atoms with Crippen molar-refractivity contribution in [1.29, 1.82) is 0 Å². The van der Waals surface area contributed by atoms with Crippen molar-refractivity contribution in [2.75, 3.05) is 18.5 Å². The summed E-state index contributed by atoms with van der Waals surface area (Å²) < 4.78 is 7.87. The second kappa shape index (κ2) is 6.98. The van der Waals surface area contributed by atoms with Gasteiger partial charge in [-0.15, -0.1) is 0 Å². The number of hydrogen-bond acceptors (Lipinski definition) is 3. The summed E-state index contributed by atoms with van der Waals surface area (Å²) in [5, 5.41) is 3.33. The van der Waals surface area contributed by atoms with Gasteiger partial charge in [-0.1, -0.05) is 19.1 Å². The first-order valence-corrected chi connectivity index (χ1v) is 7.16. The topological polar surface area (TPSA) is 39.1 Å². The van der Waals surface area contributed by atoms with Crippen LogP contribution in [-0.4, -0.2) is 22.7 Å². The highest BCUT2D eigenvalue weighted by Crippen LogP contribution is 2.12. The SMILES string of the molecule is CCCn1cc(C)nc1NCCOc1cccc(C)c1. The zero-order valence-corrected chi connectivity index (χ0v) is 12.5. The fourth-order valence-corrected chi connectivity index (χ4v) is 2.14. The molecule has 0 fully saturated rings. The third-order valence-corrected chi connectivity index (χ3v) is 3.00. The number of nitrogens with zero attached hydrogens (tertiary/aromatic N) is 2. The molecule has 0 amide bonds. The van der Waals surface area contributed by atoms with E-state index in [9.17, 15) is 0 Å². The molecule has 1 heterocycles. The molecule has 0 aliphatic carbocycles. The monoisotopic (exact) mass is 273 g/mol. The minimum Gasteiger partial charge on any atom is -0.492 e. The molecular formula is C16H23N3O. The maximum absolute atomic E-state index is 5.72. The predicted octanol–water partition coefficient (Wildman–Crippen LogP) is 3.40. The van der Waals surface area contributed by atoms with Crippen LogP contribution in [0.4, 0.5) is 5.95 Å². The number of ether oxygens (including phenoxy) is 1. The maximum atomic E-state index is 5.72. The summed E-state index contributed by atoms with van der Waals surface area (Å²) in [6.07, 6.45) is 3.18. The Bertz CT molecular complexity index is 548. The van der Waals surface area contributed by atoms with Crippen LogP contribution in [0.15, 0.2) is 30.5 Å². The van der Waals surface area contributed by atoms with E-state index < -0.39 is 0 Å². The molecule has 0 aliphatic rings. The molecule has 0 radical (unpaired) electrons. The number of anilines is 1. The molecule has 0 bridgehead atoms. The average molecular weight is 273 g/mol. The van der Waals surface area contributed by atoms with E-state index in [4.69, 9.17) is 4.74 Å². The number of nitrogens with one attached hydrogen (secondary N) is 1. The summed E-state index contributed by atoms with van der Waals surface area (Å²) in [4.78, 5) is 4.48. The Labute approximate surface area is 120 Å². The standard InChI is InChI=1S/C16H23N3O/c1-4-9-19-12-14(3)18-16(19)17-8-10-20-15-7-5-6-13(2)11-15/h5-7,11-12H,4,8-10H2,1-3H3,(H,17,18). The smallest absolute Gasteiger partial charge is 0.203 e. The van der Waals surface area contributed by atoms with Crippen molar-refractivity contribution in [3.63, 3.8) is 0 Å². The predicted molar refractivity (Wildman–Crippen MR) is 82.4 cm³/mol. The molecule has 20 heavy (non-hydrogen) atoms. The number of imidazole rings is 1. The normalized spacial score (nSPS) is 10.6. The van der Waals surface area contributed by atoms with Crippen LogP contribution < -0.4 is 10.1 Å². The Balaban J connectivity index is 1.81. The Morgan fingerprint density at radius 1 is 1.30 bits per heavy atom. The van der Waals surface area contributed by atoms with Gasteiger partial charge in [0.2, 0.25) is 5.95 Å². The van der Waals surface area contributed by atoms with Crippen molar-refractivity contribution in [3.8, 4) is 5.75 Å². The Kier molecular flexibility index (Phi) is 5.04. The number of hydrogen-bond donors (Lipinski definition) is 1. The highest BCUT2D eigenvalue weighted by molar-refractivity contribution is 5.29. The van der Waals surface area contributed by atoms with Gasteiger partial charge in [-0.25, -0.2) is 4.98 Å². The van der Waals surface area contributed by atoms with Crippen LogP contribution >= 0.6 is 0 Å². The molecule has 0 saturated heterocycles. The first kappa shape index (κ1) is 14.4. The van der Waals surface area contributed by atoms with Gasteiger partial charge < -0.3 is 14.6 Å². The molecule has 108 valence electrons. The van der Waals surface area contributed by atoms with Crippen molar-refractivity contribution >= 4 is 5.95 Å². The van der Waals surface area contributed by atoms with Crippen molar-refractivity contribution in [2.45, 2.75) is 33.7 Å². The summed E-state index contributed by atoms with van der Waals surface area (Å²) >= 11 is 0. The number of rotatable bonds is 7. The molecule has 0 unspecified atom stereocenters. The van der Waals surface area contributed by atoms with E-state index in [0.717, 1.165) is 36.9 Å². The highest BCUT2D eigenvalue weighted by Gasteiger charge is 2.03. The van der Waals surface area contributed by atoms with Crippen LogP contribution in [0.1, 0.15) is 24.6 Å². The summed E-state index contributed by atoms with van der Waals surface area (Å²) in [5.41, 5.74) is 2.25. The van der Waals surface area contributed by atoms with E-state index in [1.807, 2.05) is 25.1 Å². The molecule has 1 aromatic carbocycles. The van der Waals surface area contributed by atoms with Gasteiger partial charge >= 0.3 is 0 Å². The van der Waals surface area contributed by atoms with Crippen LogP contribution in [0.2, 0.25) is 0 Å². The average Bonchev–Trinajstić information content (AvgIpc) is 2.76. The number of benzene rings is 1. The first-order chi connectivity index (χ1) is 9.69. The third kappa shape index (κ3) is 4.02.